The van der Waals surface area contributed by atoms with Gasteiger partial charge in [-0.15, -0.1) is 0 Å². The summed E-state index contributed by atoms with van der Waals surface area (Å²) >= 11 is 0. The zero-order valence-corrected chi connectivity index (χ0v) is 10.9. The Hall–Kier alpha value is -1.58. The van der Waals surface area contributed by atoms with Crippen molar-refractivity contribution in [1.82, 2.24) is 4.98 Å². The Kier molecular flexibility index (Phi) is 4.18. The number of nitrogens with zero attached hydrogens (tertiary/aromatic N) is 1. The van der Waals surface area contributed by atoms with E-state index >= 15 is 0 Å². The first kappa shape index (κ1) is 12.9. The molecule has 0 aliphatic heterocycles. The van der Waals surface area contributed by atoms with E-state index in [4.69, 9.17) is 9.47 Å². The van der Waals surface area contributed by atoms with Crippen molar-refractivity contribution in [2.45, 2.75) is 38.7 Å². The number of esters is 1. The largest absolute Gasteiger partial charge is 0.474 e. The highest BCUT2D eigenvalue weighted by atomic mass is 16.5. The summed E-state index contributed by atoms with van der Waals surface area (Å²) in [5, 5.41) is 0. The summed E-state index contributed by atoms with van der Waals surface area (Å²) in [6.45, 7) is 1.95. The molecule has 0 unspecified atom stereocenters. The maximum Gasteiger partial charge on any atom is 0.308 e. The first-order chi connectivity index (χ1) is 8.69. The average molecular weight is 249 g/mol. The molecule has 1 fully saturated rings. The molecule has 0 amide bonds. The predicted octanol–water partition coefficient (Wildman–Crippen LogP) is 2.50. The minimum atomic E-state index is -0.0952. The molecule has 4 nitrogen and oxygen atoms in total. The molecule has 18 heavy (non-hydrogen) atoms. The van der Waals surface area contributed by atoms with Gasteiger partial charge in [0.25, 0.3) is 0 Å². The average Bonchev–Trinajstić information content (AvgIpc) is 2.39. The Morgan fingerprint density at radius 1 is 1.28 bits per heavy atom. The van der Waals surface area contributed by atoms with E-state index in [0.29, 0.717) is 5.88 Å². The van der Waals surface area contributed by atoms with Crippen molar-refractivity contribution in [3.8, 4) is 5.88 Å². The van der Waals surface area contributed by atoms with Gasteiger partial charge >= 0.3 is 5.97 Å². The first-order valence-electron chi connectivity index (χ1n) is 6.37. The SMILES string of the molecule is COC(=O)[C@H]1CC[C@H](Oc2cccc(C)n2)CC1. The molecule has 1 aliphatic carbocycles. The van der Waals surface area contributed by atoms with Crippen molar-refractivity contribution in [2.75, 3.05) is 7.11 Å². The van der Waals surface area contributed by atoms with Crippen LogP contribution in [0.1, 0.15) is 31.4 Å². The summed E-state index contributed by atoms with van der Waals surface area (Å²) in [4.78, 5) is 15.7. The van der Waals surface area contributed by atoms with Crippen molar-refractivity contribution < 1.29 is 14.3 Å². The van der Waals surface area contributed by atoms with Crippen LogP contribution in [0.3, 0.4) is 0 Å². The van der Waals surface area contributed by atoms with E-state index in [2.05, 4.69) is 4.98 Å². The lowest BCUT2D eigenvalue weighted by Crippen LogP contribution is -2.28. The van der Waals surface area contributed by atoms with Crippen molar-refractivity contribution >= 4 is 5.97 Å². The molecule has 1 saturated carbocycles. The lowest BCUT2D eigenvalue weighted by molar-refractivity contribution is -0.147. The fourth-order valence-corrected chi connectivity index (χ4v) is 2.34. The van der Waals surface area contributed by atoms with Crippen LogP contribution in [-0.4, -0.2) is 24.2 Å². The fraction of sp³-hybridized carbons (Fsp3) is 0.571. The molecular weight excluding hydrogens is 230 g/mol. The number of rotatable bonds is 3. The number of aromatic nitrogens is 1. The number of hydrogen-bond acceptors (Lipinski definition) is 4. The van der Waals surface area contributed by atoms with Gasteiger partial charge in [0.15, 0.2) is 0 Å². The van der Waals surface area contributed by atoms with E-state index in [-0.39, 0.29) is 18.0 Å². The highest BCUT2D eigenvalue weighted by Gasteiger charge is 2.27. The zero-order valence-electron chi connectivity index (χ0n) is 10.9. The van der Waals surface area contributed by atoms with Crippen molar-refractivity contribution in [1.29, 1.82) is 0 Å². The molecule has 98 valence electrons. The standard InChI is InChI=1S/C14H19NO3/c1-10-4-3-5-13(15-10)18-12-8-6-11(7-9-12)14(16)17-2/h3-5,11-12H,6-9H2,1-2H3/t11-,12-. The fourth-order valence-electron chi connectivity index (χ4n) is 2.34. The second-order valence-electron chi connectivity index (χ2n) is 4.73. The van der Waals surface area contributed by atoms with Crippen LogP contribution in [0.2, 0.25) is 0 Å². The maximum atomic E-state index is 11.4. The van der Waals surface area contributed by atoms with E-state index in [9.17, 15) is 4.79 Å². The third kappa shape index (κ3) is 3.22. The Bertz CT molecular complexity index is 411. The summed E-state index contributed by atoms with van der Waals surface area (Å²) < 4.78 is 10.6. The highest BCUT2D eigenvalue weighted by Crippen LogP contribution is 2.27. The van der Waals surface area contributed by atoms with Crippen LogP contribution in [-0.2, 0) is 9.53 Å². The molecule has 0 spiro atoms. The van der Waals surface area contributed by atoms with E-state index in [1.54, 1.807) is 0 Å². The van der Waals surface area contributed by atoms with E-state index in [1.807, 2.05) is 25.1 Å². The quantitative estimate of drug-likeness (QED) is 0.772. The number of methoxy groups -OCH3 is 1. The van der Waals surface area contributed by atoms with Gasteiger partial charge in [-0.25, -0.2) is 4.98 Å². The topological polar surface area (TPSA) is 48.4 Å². The minimum Gasteiger partial charge on any atom is -0.474 e. The Morgan fingerprint density at radius 3 is 2.61 bits per heavy atom. The van der Waals surface area contributed by atoms with Gasteiger partial charge in [0, 0.05) is 11.8 Å². The van der Waals surface area contributed by atoms with Crippen LogP contribution in [0.25, 0.3) is 0 Å². The number of carbonyl (C=O) groups is 1. The second kappa shape index (κ2) is 5.85. The van der Waals surface area contributed by atoms with Crippen LogP contribution < -0.4 is 4.74 Å². The molecule has 1 aliphatic rings. The number of carbonyl (C=O) groups excluding carboxylic acids is 1. The third-order valence-electron chi connectivity index (χ3n) is 3.36. The normalized spacial score (nSPS) is 23.4. The molecule has 1 aromatic heterocycles. The molecule has 4 heteroatoms. The van der Waals surface area contributed by atoms with Crippen molar-refractivity contribution in [2.24, 2.45) is 5.92 Å². The zero-order chi connectivity index (χ0) is 13.0. The van der Waals surface area contributed by atoms with Crippen molar-refractivity contribution in [3.63, 3.8) is 0 Å². The van der Waals surface area contributed by atoms with Crippen LogP contribution in [0.15, 0.2) is 18.2 Å². The number of aryl methyl sites for hydroxylation is 1. The summed E-state index contributed by atoms with van der Waals surface area (Å²) in [5.41, 5.74) is 0.954. The van der Waals surface area contributed by atoms with Gasteiger partial charge in [-0.05, 0) is 38.7 Å². The Balaban J connectivity index is 1.85. The van der Waals surface area contributed by atoms with Gasteiger partial charge in [0.1, 0.15) is 6.10 Å². The molecule has 0 aromatic carbocycles. The molecule has 2 rings (SSSR count). The highest BCUT2D eigenvalue weighted by molar-refractivity contribution is 5.72. The van der Waals surface area contributed by atoms with Crippen LogP contribution in [0.4, 0.5) is 0 Å². The summed E-state index contributed by atoms with van der Waals surface area (Å²) in [6.07, 6.45) is 3.61. The Morgan fingerprint density at radius 2 is 2.00 bits per heavy atom. The van der Waals surface area contributed by atoms with Crippen molar-refractivity contribution in [3.05, 3.63) is 23.9 Å². The summed E-state index contributed by atoms with van der Waals surface area (Å²) in [6, 6.07) is 5.76. The maximum absolute atomic E-state index is 11.4. The molecule has 1 heterocycles. The molecule has 0 bridgehead atoms. The number of hydrogen-bond donors (Lipinski definition) is 0. The predicted molar refractivity (Wildman–Crippen MR) is 67.4 cm³/mol. The lowest BCUT2D eigenvalue weighted by atomic mass is 9.87. The minimum absolute atomic E-state index is 0.0420. The summed E-state index contributed by atoms with van der Waals surface area (Å²) in [7, 11) is 1.45. The number of ether oxygens (including phenoxy) is 2. The van der Waals surface area contributed by atoms with E-state index < -0.39 is 0 Å². The monoisotopic (exact) mass is 249 g/mol. The molecule has 0 radical (unpaired) electrons. The first-order valence-corrected chi connectivity index (χ1v) is 6.37. The smallest absolute Gasteiger partial charge is 0.308 e. The van der Waals surface area contributed by atoms with E-state index in [0.717, 1.165) is 31.4 Å². The summed E-state index contributed by atoms with van der Waals surface area (Å²) in [5.74, 6) is 0.624. The third-order valence-corrected chi connectivity index (χ3v) is 3.36. The van der Waals surface area contributed by atoms with Gasteiger partial charge in [-0.2, -0.15) is 0 Å². The molecule has 1 aromatic rings. The van der Waals surface area contributed by atoms with Gasteiger partial charge in [-0.3, -0.25) is 4.79 Å². The molecular formula is C14H19NO3. The second-order valence-corrected chi connectivity index (χ2v) is 4.73. The molecule has 0 saturated heterocycles. The van der Waals surface area contributed by atoms with Gasteiger partial charge in [0.05, 0.1) is 13.0 Å². The van der Waals surface area contributed by atoms with E-state index in [1.165, 1.54) is 7.11 Å². The molecule has 0 N–H and O–H groups in total. The molecule has 0 atom stereocenters. The van der Waals surface area contributed by atoms with Crippen LogP contribution in [0.5, 0.6) is 5.88 Å². The lowest BCUT2D eigenvalue weighted by Gasteiger charge is -2.27. The van der Waals surface area contributed by atoms with Gasteiger partial charge in [-0.1, -0.05) is 6.07 Å². The number of pyridine rings is 1. The van der Waals surface area contributed by atoms with Gasteiger partial charge < -0.3 is 9.47 Å². The van der Waals surface area contributed by atoms with Crippen LogP contribution in [0, 0.1) is 12.8 Å². The van der Waals surface area contributed by atoms with Gasteiger partial charge in [0.2, 0.25) is 5.88 Å². The Labute approximate surface area is 107 Å². The van der Waals surface area contributed by atoms with Crippen LogP contribution >= 0.6 is 0 Å².